The van der Waals surface area contributed by atoms with E-state index in [2.05, 4.69) is 5.32 Å². The molecule has 1 heterocycles. The second-order valence-corrected chi connectivity index (χ2v) is 3.62. The minimum absolute atomic E-state index is 0.0140. The first-order valence-corrected chi connectivity index (χ1v) is 4.13. The van der Waals surface area contributed by atoms with E-state index < -0.39 is 0 Å². The summed E-state index contributed by atoms with van der Waals surface area (Å²) in [6.07, 6.45) is 0. The first-order valence-electron chi connectivity index (χ1n) is 4.13. The van der Waals surface area contributed by atoms with E-state index in [4.69, 9.17) is 4.74 Å². The zero-order valence-electron chi connectivity index (χ0n) is 7.89. The summed E-state index contributed by atoms with van der Waals surface area (Å²) in [7, 11) is 1.66. The molecule has 0 saturated carbocycles. The molecular weight excluding hydrogens is 156 g/mol. The zero-order chi connectivity index (χ0) is 9.19. The van der Waals surface area contributed by atoms with Crippen molar-refractivity contribution in [3.63, 3.8) is 0 Å². The van der Waals surface area contributed by atoms with Crippen molar-refractivity contribution in [2.24, 2.45) is 0 Å². The van der Waals surface area contributed by atoms with Crippen LogP contribution in [0, 0.1) is 0 Å². The van der Waals surface area contributed by atoms with E-state index in [1.165, 1.54) is 0 Å². The molecule has 0 spiro atoms. The van der Waals surface area contributed by atoms with Crippen molar-refractivity contribution in [1.82, 2.24) is 10.2 Å². The lowest BCUT2D eigenvalue weighted by Gasteiger charge is -2.27. The Morgan fingerprint density at radius 2 is 2.33 bits per heavy atom. The summed E-state index contributed by atoms with van der Waals surface area (Å²) in [6, 6.07) is 0.0140. The van der Waals surface area contributed by atoms with Crippen molar-refractivity contribution in [2.75, 3.05) is 26.7 Å². The second-order valence-electron chi connectivity index (χ2n) is 3.62. The Kier molecular flexibility index (Phi) is 2.57. The van der Waals surface area contributed by atoms with Gasteiger partial charge in [0.15, 0.2) is 0 Å². The molecule has 2 amide bonds. The highest BCUT2D eigenvalue weighted by Gasteiger charge is 2.27. The van der Waals surface area contributed by atoms with Gasteiger partial charge in [-0.05, 0) is 13.8 Å². The van der Waals surface area contributed by atoms with Crippen LogP contribution >= 0.6 is 0 Å². The molecule has 0 atom stereocenters. The van der Waals surface area contributed by atoms with Gasteiger partial charge in [0.2, 0.25) is 0 Å². The number of methoxy groups -OCH3 is 1. The van der Waals surface area contributed by atoms with Crippen LogP contribution in [0.2, 0.25) is 0 Å². The van der Waals surface area contributed by atoms with Gasteiger partial charge in [-0.2, -0.15) is 0 Å². The summed E-state index contributed by atoms with van der Waals surface area (Å²) in [5, 5.41) is 2.75. The highest BCUT2D eigenvalue weighted by molar-refractivity contribution is 5.76. The lowest BCUT2D eigenvalue weighted by atomic mass is 10.1. The van der Waals surface area contributed by atoms with E-state index in [1.54, 1.807) is 12.0 Å². The number of carbonyl (C=O) groups excluding carboxylic acids is 1. The van der Waals surface area contributed by atoms with E-state index in [1.807, 2.05) is 13.8 Å². The molecule has 1 rings (SSSR count). The number of ether oxygens (including phenoxy) is 1. The van der Waals surface area contributed by atoms with E-state index in [9.17, 15) is 4.79 Å². The summed E-state index contributed by atoms with van der Waals surface area (Å²) >= 11 is 0. The van der Waals surface area contributed by atoms with Gasteiger partial charge in [-0.25, -0.2) is 4.79 Å². The molecule has 1 aliphatic heterocycles. The van der Waals surface area contributed by atoms with Gasteiger partial charge in [-0.15, -0.1) is 0 Å². The first kappa shape index (κ1) is 9.32. The third-order valence-corrected chi connectivity index (χ3v) is 2.07. The molecule has 4 nitrogen and oxygen atoms in total. The predicted octanol–water partition coefficient (Wildman–Crippen LogP) is 0.437. The quantitative estimate of drug-likeness (QED) is 0.671. The van der Waals surface area contributed by atoms with E-state index in [0.29, 0.717) is 6.54 Å². The summed E-state index contributed by atoms with van der Waals surface area (Å²) in [4.78, 5) is 12.9. The molecule has 0 unspecified atom stereocenters. The Morgan fingerprint density at radius 3 is 2.75 bits per heavy atom. The Bertz CT molecular complexity index is 180. The monoisotopic (exact) mass is 172 g/mol. The number of hydrogen-bond acceptors (Lipinski definition) is 2. The molecule has 0 aromatic carbocycles. The highest BCUT2D eigenvalue weighted by atomic mass is 16.5. The highest BCUT2D eigenvalue weighted by Crippen LogP contribution is 2.11. The molecule has 12 heavy (non-hydrogen) atoms. The van der Waals surface area contributed by atoms with Crippen LogP contribution < -0.4 is 5.32 Å². The fourth-order valence-corrected chi connectivity index (χ4v) is 1.19. The third-order valence-electron chi connectivity index (χ3n) is 2.07. The van der Waals surface area contributed by atoms with Crippen molar-refractivity contribution in [2.45, 2.75) is 19.4 Å². The number of rotatable bonds is 3. The van der Waals surface area contributed by atoms with Crippen LogP contribution in [0.5, 0.6) is 0 Å². The van der Waals surface area contributed by atoms with Crippen molar-refractivity contribution in [1.29, 1.82) is 0 Å². The van der Waals surface area contributed by atoms with Gasteiger partial charge in [0, 0.05) is 20.2 Å². The average molecular weight is 172 g/mol. The lowest BCUT2D eigenvalue weighted by Crippen LogP contribution is -2.41. The summed E-state index contributed by atoms with van der Waals surface area (Å²) < 4.78 is 5.23. The van der Waals surface area contributed by atoms with Gasteiger partial charge in [-0.3, -0.25) is 0 Å². The Labute approximate surface area is 72.9 Å². The Hall–Kier alpha value is -0.770. The van der Waals surface area contributed by atoms with Gasteiger partial charge >= 0.3 is 6.03 Å². The standard InChI is InChI=1S/C8H16N2O2/c1-8(2,12-3)6-10-5-4-9-7(10)11/h4-6H2,1-3H3,(H,9,11). The molecular formula is C8H16N2O2. The van der Waals surface area contributed by atoms with Crippen LogP contribution in [0.25, 0.3) is 0 Å². The number of amides is 2. The van der Waals surface area contributed by atoms with Crippen molar-refractivity contribution in [3.8, 4) is 0 Å². The van der Waals surface area contributed by atoms with Gasteiger partial charge in [-0.1, -0.05) is 0 Å². The lowest BCUT2D eigenvalue weighted by molar-refractivity contribution is 0.00438. The molecule has 4 heteroatoms. The fourth-order valence-electron chi connectivity index (χ4n) is 1.19. The number of nitrogens with zero attached hydrogens (tertiary/aromatic N) is 1. The van der Waals surface area contributed by atoms with Gasteiger partial charge < -0.3 is 15.0 Å². The Balaban J connectivity index is 2.45. The minimum Gasteiger partial charge on any atom is -0.377 e. The molecule has 0 aromatic rings. The van der Waals surface area contributed by atoms with E-state index >= 15 is 0 Å². The average Bonchev–Trinajstić information content (AvgIpc) is 2.36. The van der Waals surface area contributed by atoms with Crippen molar-refractivity contribution >= 4 is 6.03 Å². The summed E-state index contributed by atoms with van der Waals surface area (Å²) in [5.41, 5.74) is -0.248. The molecule has 1 fully saturated rings. The number of urea groups is 1. The van der Waals surface area contributed by atoms with Crippen LogP contribution in [-0.4, -0.2) is 43.3 Å². The third kappa shape index (κ3) is 2.11. The topological polar surface area (TPSA) is 41.6 Å². The molecule has 1 saturated heterocycles. The number of hydrogen-bond donors (Lipinski definition) is 1. The molecule has 70 valence electrons. The van der Waals surface area contributed by atoms with Crippen LogP contribution in [-0.2, 0) is 4.74 Å². The van der Waals surface area contributed by atoms with Gasteiger partial charge in [0.05, 0.1) is 12.1 Å². The largest absolute Gasteiger partial charge is 0.377 e. The normalized spacial score (nSPS) is 18.2. The Morgan fingerprint density at radius 1 is 1.67 bits per heavy atom. The van der Waals surface area contributed by atoms with E-state index in [0.717, 1.165) is 13.1 Å². The maximum atomic E-state index is 11.1. The smallest absolute Gasteiger partial charge is 0.317 e. The van der Waals surface area contributed by atoms with E-state index in [-0.39, 0.29) is 11.6 Å². The maximum absolute atomic E-state index is 11.1. The number of carbonyl (C=O) groups is 1. The zero-order valence-corrected chi connectivity index (χ0v) is 7.89. The molecule has 0 aromatic heterocycles. The molecule has 0 radical (unpaired) electrons. The van der Waals surface area contributed by atoms with Crippen molar-refractivity contribution in [3.05, 3.63) is 0 Å². The van der Waals surface area contributed by atoms with Crippen LogP contribution in [0.1, 0.15) is 13.8 Å². The van der Waals surface area contributed by atoms with Gasteiger partial charge in [0.1, 0.15) is 0 Å². The van der Waals surface area contributed by atoms with Crippen LogP contribution in [0.15, 0.2) is 0 Å². The van der Waals surface area contributed by atoms with Gasteiger partial charge in [0.25, 0.3) is 0 Å². The molecule has 1 aliphatic rings. The van der Waals surface area contributed by atoms with Crippen molar-refractivity contribution < 1.29 is 9.53 Å². The maximum Gasteiger partial charge on any atom is 0.317 e. The molecule has 0 bridgehead atoms. The molecule has 0 aliphatic carbocycles. The SMILES string of the molecule is COC(C)(C)CN1CCNC1=O. The van der Waals surface area contributed by atoms with Crippen LogP contribution in [0.4, 0.5) is 4.79 Å². The van der Waals surface area contributed by atoms with Crippen LogP contribution in [0.3, 0.4) is 0 Å². The minimum atomic E-state index is -0.248. The molecule has 1 N–H and O–H groups in total. The first-order chi connectivity index (χ1) is 5.55. The summed E-state index contributed by atoms with van der Waals surface area (Å²) in [6.45, 7) is 6.12. The summed E-state index contributed by atoms with van der Waals surface area (Å²) in [5.74, 6) is 0. The second kappa shape index (κ2) is 3.31. The number of nitrogens with one attached hydrogen (secondary N) is 1. The predicted molar refractivity (Wildman–Crippen MR) is 46.1 cm³/mol. The fraction of sp³-hybridized carbons (Fsp3) is 0.875.